The van der Waals surface area contributed by atoms with Gasteiger partial charge in [-0.25, -0.2) is 4.98 Å². The third-order valence-electron chi connectivity index (χ3n) is 4.61. The number of carbonyl (C=O) groups excluding carboxylic acids is 1. The van der Waals surface area contributed by atoms with Crippen molar-refractivity contribution in [2.24, 2.45) is 5.92 Å². The normalized spacial score (nSPS) is 19.5. The summed E-state index contributed by atoms with van der Waals surface area (Å²) in [6.07, 6.45) is 6.94. The third kappa shape index (κ3) is 2.77. The maximum atomic E-state index is 12.2. The quantitative estimate of drug-likeness (QED) is 0.940. The molecular weight excluding hydrogens is 280 g/mol. The van der Waals surface area contributed by atoms with Crippen molar-refractivity contribution < 1.29 is 9.21 Å². The van der Waals surface area contributed by atoms with E-state index in [1.54, 1.807) is 18.4 Å². The molecule has 1 saturated heterocycles. The minimum absolute atomic E-state index is 0.000801. The van der Waals surface area contributed by atoms with Crippen molar-refractivity contribution in [3.8, 4) is 0 Å². The first-order valence-corrected chi connectivity index (χ1v) is 8.03. The van der Waals surface area contributed by atoms with Crippen LogP contribution in [0.5, 0.6) is 0 Å². The number of piperidine rings is 1. The number of H-pyrrole nitrogens is 1. The molecule has 0 atom stereocenters. The Kier molecular flexibility index (Phi) is 3.44. The molecule has 3 heterocycles. The minimum Gasteiger partial charge on any atom is -0.459 e. The van der Waals surface area contributed by atoms with Crippen LogP contribution in [0, 0.1) is 5.92 Å². The number of hydrogen-bond donors (Lipinski definition) is 1. The molecule has 1 N–H and O–H groups in total. The Hall–Kier alpha value is -2.11. The standard InChI is InChI=1S/C16H20N4O2/c21-16(13-2-1-9-22-13)20-7-5-11(6-8-20)10-14-17-15(19-18-14)12-3-4-12/h1-2,9,11-12H,3-8,10H2,(H,17,18,19). The van der Waals surface area contributed by atoms with Gasteiger partial charge in [0.1, 0.15) is 5.82 Å². The van der Waals surface area contributed by atoms with E-state index in [0.717, 1.165) is 44.0 Å². The van der Waals surface area contributed by atoms with Gasteiger partial charge in [-0.3, -0.25) is 9.89 Å². The van der Waals surface area contributed by atoms with Crippen LogP contribution in [-0.4, -0.2) is 39.1 Å². The largest absolute Gasteiger partial charge is 0.459 e. The zero-order valence-corrected chi connectivity index (χ0v) is 12.5. The molecule has 1 saturated carbocycles. The number of furan rings is 1. The number of carbonyl (C=O) groups is 1. The molecule has 116 valence electrons. The Bertz CT molecular complexity index is 637. The smallest absolute Gasteiger partial charge is 0.289 e. The van der Waals surface area contributed by atoms with E-state index in [4.69, 9.17) is 4.42 Å². The summed E-state index contributed by atoms with van der Waals surface area (Å²) in [5.41, 5.74) is 0. The van der Waals surface area contributed by atoms with Gasteiger partial charge in [0.05, 0.1) is 6.26 Å². The zero-order valence-electron chi connectivity index (χ0n) is 12.5. The van der Waals surface area contributed by atoms with Crippen molar-refractivity contribution in [2.75, 3.05) is 13.1 Å². The molecule has 6 heteroatoms. The third-order valence-corrected chi connectivity index (χ3v) is 4.61. The molecule has 0 spiro atoms. The second-order valence-electron chi connectivity index (χ2n) is 6.33. The minimum atomic E-state index is -0.000801. The maximum absolute atomic E-state index is 12.2. The summed E-state index contributed by atoms with van der Waals surface area (Å²) in [6, 6.07) is 3.48. The van der Waals surface area contributed by atoms with Crippen molar-refractivity contribution in [1.29, 1.82) is 0 Å². The second kappa shape index (κ2) is 5.59. The van der Waals surface area contributed by atoms with Gasteiger partial charge in [-0.1, -0.05) is 0 Å². The van der Waals surface area contributed by atoms with Crippen molar-refractivity contribution >= 4 is 5.91 Å². The predicted molar refractivity (Wildman–Crippen MR) is 79.4 cm³/mol. The van der Waals surface area contributed by atoms with Crippen molar-refractivity contribution in [2.45, 2.75) is 38.0 Å². The molecule has 2 aromatic heterocycles. The highest BCUT2D eigenvalue weighted by Gasteiger charge is 2.29. The van der Waals surface area contributed by atoms with E-state index in [2.05, 4.69) is 15.2 Å². The molecule has 2 aromatic rings. The summed E-state index contributed by atoms with van der Waals surface area (Å²) < 4.78 is 5.19. The summed E-state index contributed by atoms with van der Waals surface area (Å²) in [6.45, 7) is 1.57. The molecule has 0 unspecified atom stereocenters. The Labute approximate surface area is 128 Å². The summed E-state index contributed by atoms with van der Waals surface area (Å²) in [7, 11) is 0. The first-order chi connectivity index (χ1) is 10.8. The molecule has 1 amide bonds. The highest BCUT2D eigenvalue weighted by molar-refractivity contribution is 5.91. The van der Waals surface area contributed by atoms with Crippen LogP contribution in [0.3, 0.4) is 0 Å². The van der Waals surface area contributed by atoms with Gasteiger partial charge in [0.15, 0.2) is 11.6 Å². The number of rotatable bonds is 4. The molecule has 0 aromatic carbocycles. The molecule has 2 fully saturated rings. The van der Waals surface area contributed by atoms with Gasteiger partial charge in [0, 0.05) is 25.4 Å². The Morgan fingerprint density at radius 2 is 2.14 bits per heavy atom. The Balaban J connectivity index is 1.30. The number of aromatic nitrogens is 3. The van der Waals surface area contributed by atoms with E-state index in [0.29, 0.717) is 17.6 Å². The molecule has 1 aliphatic carbocycles. The molecule has 0 bridgehead atoms. The van der Waals surface area contributed by atoms with Crippen LogP contribution >= 0.6 is 0 Å². The summed E-state index contributed by atoms with van der Waals surface area (Å²) in [5, 5.41) is 7.38. The van der Waals surface area contributed by atoms with Crippen LogP contribution in [0.4, 0.5) is 0 Å². The van der Waals surface area contributed by atoms with Gasteiger partial charge in [-0.15, -0.1) is 0 Å². The Morgan fingerprint density at radius 3 is 2.82 bits per heavy atom. The van der Waals surface area contributed by atoms with Gasteiger partial charge in [0.25, 0.3) is 5.91 Å². The number of nitrogens with one attached hydrogen (secondary N) is 1. The number of aromatic amines is 1. The summed E-state index contributed by atoms with van der Waals surface area (Å²) in [5.74, 6) is 3.58. The van der Waals surface area contributed by atoms with E-state index in [1.165, 1.54) is 12.8 Å². The van der Waals surface area contributed by atoms with Crippen molar-refractivity contribution in [3.63, 3.8) is 0 Å². The van der Waals surface area contributed by atoms with Crippen LogP contribution in [-0.2, 0) is 6.42 Å². The van der Waals surface area contributed by atoms with E-state index >= 15 is 0 Å². The zero-order chi connectivity index (χ0) is 14.9. The number of hydrogen-bond acceptors (Lipinski definition) is 4. The predicted octanol–water partition coefficient (Wildman–Crippen LogP) is 2.37. The molecule has 1 aliphatic heterocycles. The van der Waals surface area contributed by atoms with Gasteiger partial charge >= 0.3 is 0 Å². The van der Waals surface area contributed by atoms with Crippen molar-refractivity contribution in [3.05, 3.63) is 35.8 Å². The fourth-order valence-electron chi connectivity index (χ4n) is 3.10. The van der Waals surface area contributed by atoms with Crippen LogP contribution in [0.15, 0.2) is 22.8 Å². The maximum Gasteiger partial charge on any atom is 0.289 e. The van der Waals surface area contributed by atoms with Gasteiger partial charge < -0.3 is 9.32 Å². The van der Waals surface area contributed by atoms with Crippen molar-refractivity contribution in [1.82, 2.24) is 20.1 Å². The SMILES string of the molecule is O=C(c1ccco1)N1CCC(Cc2nc(C3CC3)n[nH]2)CC1. The van der Waals surface area contributed by atoms with E-state index < -0.39 is 0 Å². The average Bonchev–Trinajstić information content (AvgIpc) is 3.06. The lowest BCUT2D eigenvalue weighted by Crippen LogP contribution is -2.38. The summed E-state index contributed by atoms with van der Waals surface area (Å²) >= 11 is 0. The lowest BCUT2D eigenvalue weighted by molar-refractivity contribution is 0.0658. The van der Waals surface area contributed by atoms with Crippen LogP contribution in [0.1, 0.15) is 53.8 Å². The number of amides is 1. The van der Waals surface area contributed by atoms with Crippen LogP contribution in [0.2, 0.25) is 0 Å². The van der Waals surface area contributed by atoms with E-state index in [9.17, 15) is 4.79 Å². The van der Waals surface area contributed by atoms with Gasteiger partial charge in [0.2, 0.25) is 0 Å². The molecular formula is C16H20N4O2. The molecule has 22 heavy (non-hydrogen) atoms. The highest BCUT2D eigenvalue weighted by atomic mass is 16.3. The first kappa shape index (κ1) is 13.5. The molecule has 2 aliphatic rings. The van der Waals surface area contributed by atoms with Gasteiger partial charge in [-0.2, -0.15) is 5.10 Å². The topological polar surface area (TPSA) is 75.0 Å². The molecule has 4 rings (SSSR count). The lowest BCUT2D eigenvalue weighted by Gasteiger charge is -2.31. The van der Waals surface area contributed by atoms with Gasteiger partial charge in [-0.05, 0) is 43.7 Å². The fourth-order valence-corrected chi connectivity index (χ4v) is 3.10. The number of likely N-dealkylation sites (tertiary alicyclic amines) is 1. The molecule has 6 nitrogen and oxygen atoms in total. The second-order valence-corrected chi connectivity index (χ2v) is 6.33. The monoisotopic (exact) mass is 300 g/mol. The fraction of sp³-hybridized carbons (Fsp3) is 0.562. The van der Waals surface area contributed by atoms with E-state index in [-0.39, 0.29) is 5.91 Å². The average molecular weight is 300 g/mol. The van der Waals surface area contributed by atoms with Crippen LogP contribution < -0.4 is 0 Å². The first-order valence-electron chi connectivity index (χ1n) is 8.03. The highest BCUT2D eigenvalue weighted by Crippen LogP contribution is 2.37. The lowest BCUT2D eigenvalue weighted by atomic mass is 9.93. The summed E-state index contributed by atoms with van der Waals surface area (Å²) in [4.78, 5) is 18.7. The number of nitrogens with zero attached hydrogens (tertiary/aromatic N) is 3. The molecule has 0 radical (unpaired) electrons. The van der Waals surface area contributed by atoms with E-state index in [1.807, 2.05) is 4.90 Å². The Morgan fingerprint density at radius 1 is 1.32 bits per heavy atom. The van der Waals surface area contributed by atoms with Crippen LogP contribution in [0.25, 0.3) is 0 Å².